The van der Waals surface area contributed by atoms with Gasteiger partial charge in [-0.1, -0.05) is 34.1 Å². The van der Waals surface area contributed by atoms with Crippen LogP contribution in [0.5, 0.6) is 0 Å². The predicted octanol–water partition coefficient (Wildman–Crippen LogP) is 5.84. The first-order valence-corrected chi connectivity index (χ1v) is 8.92. The van der Waals surface area contributed by atoms with Crippen molar-refractivity contribution in [3.63, 3.8) is 0 Å². The van der Waals surface area contributed by atoms with Gasteiger partial charge in [-0.25, -0.2) is 9.37 Å². The SMILES string of the molecule is Cc1c(-c2ccc(Br)cc2)nc(N)c(C#N)c1-c1ccc(F)c(Br)c1. The number of halogens is 3. The molecule has 0 saturated carbocycles. The molecule has 3 aromatic rings. The lowest BCUT2D eigenvalue weighted by Crippen LogP contribution is -2.03. The van der Waals surface area contributed by atoms with E-state index in [1.807, 2.05) is 31.2 Å². The zero-order valence-electron chi connectivity index (χ0n) is 13.1. The average molecular weight is 461 g/mol. The van der Waals surface area contributed by atoms with E-state index in [9.17, 15) is 9.65 Å². The minimum absolute atomic E-state index is 0.154. The van der Waals surface area contributed by atoms with Crippen molar-refractivity contribution >= 4 is 37.7 Å². The van der Waals surface area contributed by atoms with Crippen LogP contribution >= 0.6 is 31.9 Å². The fourth-order valence-corrected chi connectivity index (χ4v) is 3.35. The number of hydrogen-bond donors (Lipinski definition) is 1. The highest BCUT2D eigenvalue weighted by Crippen LogP contribution is 2.37. The first kappa shape index (κ1) is 17.6. The van der Waals surface area contributed by atoms with Gasteiger partial charge < -0.3 is 5.73 Å². The van der Waals surface area contributed by atoms with Crippen LogP contribution in [0.3, 0.4) is 0 Å². The smallest absolute Gasteiger partial charge is 0.142 e. The number of pyridine rings is 1. The Balaban J connectivity index is 2.31. The highest BCUT2D eigenvalue weighted by Gasteiger charge is 2.19. The molecule has 2 N–H and O–H groups in total. The summed E-state index contributed by atoms with van der Waals surface area (Å²) in [5.41, 5.74) is 10.1. The fourth-order valence-electron chi connectivity index (χ4n) is 2.71. The molecule has 0 amide bonds. The van der Waals surface area contributed by atoms with Crippen molar-refractivity contribution in [1.82, 2.24) is 4.98 Å². The molecule has 0 fully saturated rings. The van der Waals surface area contributed by atoms with Crippen LogP contribution in [0.2, 0.25) is 0 Å². The van der Waals surface area contributed by atoms with Crippen molar-refractivity contribution in [3.8, 4) is 28.5 Å². The van der Waals surface area contributed by atoms with Crippen LogP contribution in [0, 0.1) is 24.1 Å². The third-order valence-corrected chi connectivity index (χ3v) is 5.04. The Hall–Kier alpha value is -2.23. The van der Waals surface area contributed by atoms with Crippen LogP contribution < -0.4 is 5.73 Å². The molecule has 2 aromatic carbocycles. The summed E-state index contributed by atoms with van der Waals surface area (Å²) in [5, 5.41) is 9.54. The van der Waals surface area contributed by atoms with Crippen LogP contribution in [-0.2, 0) is 0 Å². The molecule has 0 atom stereocenters. The standard InChI is InChI=1S/C19H12Br2FN3/c1-10-17(12-4-7-16(22)15(21)8-12)14(9-23)19(24)25-18(10)11-2-5-13(20)6-3-11/h2-8H,1H3,(H2,24,25). The van der Waals surface area contributed by atoms with Crippen LogP contribution in [0.1, 0.15) is 11.1 Å². The number of nitrogen functional groups attached to an aromatic ring is 1. The van der Waals surface area contributed by atoms with Gasteiger partial charge in [0, 0.05) is 15.6 Å². The molecule has 0 spiro atoms. The van der Waals surface area contributed by atoms with E-state index in [0.29, 0.717) is 21.3 Å². The molecule has 0 unspecified atom stereocenters. The summed E-state index contributed by atoms with van der Waals surface area (Å²) in [6.07, 6.45) is 0. The molecule has 0 radical (unpaired) electrons. The summed E-state index contributed by atoms with van der Waals surface area (Å²) in [7, 11) is 0. The number of aromatic nitrogens is 1. The number of rotatable bonds is 2. The van der Waals surface area contributed by atoms with Crippen molar-refractivity contribution in [1.29, 1.82) is 5.26 Å². The second-order valence-electron chi connectivity index (χ2n) is 5.47. The Labute approximate surface area is 161 Å². The van der Waals surface area contributed by atoms with Gasteiger partial charge in [-0.05, 0) is 58.2 Å². The zero-order valence-corrected chi connectivity index (χ0v) is 16.3. The Morgan fingerprint density at radius 2 is 1.72 bits per heavy atom. The maximum Gasteiger partial charge on any atom is 0.142 e. The minimum Gasteiger partial charge on any atom is -0.383 e. The molecule has 1 aromatic heterocycles. The fraction of sp³-hybridized carbons (Fsp3) is 0.0526. The lowest BCUT2D eigenvalue weighted by Gasteiger charge is -2.15. The average Bonchev–Trinajstić information content (AvgIpc) is 2.59. The summed E-state index contributed by atoms with van der Waals surface area (Å²) in [4.78, 5) is 4.42. The maximum atomic E-state index is 13.6. The normalized spacial score (nSPS) is 10.5. The van der Waals surface area contributed by atoms with Crippen molar-refractivity contribution in [2.24, 2.45) is 0 Å². The van der Waals surface area contributed by atoms with E-state index >= 15 is 0 Å². The van der Waals surface area contributed by atoms with Crippen molar-refractivity contribution in [2.75, 3.05) is 5.73 Å². The van der Waals surface area contributed by atoms with E-state index in [2.05, 4.69) is 42.9 Å². The lowest BCUT2D eigenvalue weighted by atomic mass is 9.93. The third kappa shape index (κ3) is 3.30. The van der Waals surface area contributed by atoms with Crippen molar-refractivity contribution in [3.05, 3.63) is 68.4 Å². The van der Waals surface area contributed by atoms with E-state index in [4.69, 9.17) is 5.73 Å². The largest absolute Gasteiger partial charge is 0.383 e. The summed E-state index contributed by atoms with van der Waals surface area (Å²) in [5.74, 6) is -0.212. The number of hydrogen-bond acceptors (Lipinski definition) is 3. The van der Waals surface area contributed by atoms with Gasteiger partial charge in [0.1, 0.15) is 23.3 Å². The Morgan fingerprint density at radius 1 is 1.08 bits per heavy atom. The topological polar surface area (TPSA) is 62.7 Å². The quantitative estimate of drug-likeness (QED) is 0.522. The third-order valence-electron chi connectivity index (χ3n) is 3.91. The van der Waals surface area contributed by atoms with E-state index in [1.165, 1.54) is 6.07 Å². The molecule has 0 bridgehead atoms. The van der Waals surface area contributed by atoms with E-state index < -0.39 is 0 Å². The predicted molar refractivity (Wildman–Crippen MR) is 104 cm³/mol. The first-order valence-electron chi connectivity index (χ1n) is 7.34. The summed E-state index contributed by atoms with van der Waals surface area (Å²) in [6.45, 7) is 1.89. The molecular formula is C19H12Br2FN3. The minimum atomic E-state index is -0.366. The van der Waals surface area contributed by atoms with Gasteiger partial charge in [-0.2, -0.15) is 5.26 Å². The van der Waals surface area contributed by atoms with Gasteiger partial charge in [0.05, 0.1) is 10.2 Å². The number of nitrogens with two attached hydrogens (primary N) is 1. The van der Waals surface area contributed by atoms with Crippen LogP contribution in [0.4, 0.5) is 10.2 Å². The number of nitrogens with zero attached hydrogens (tertiary/aromatic N) is 2. The first-order chi connectivity index (χ1) is 11.9. The molecule has 3 nitrogen and oxygen atoms in total. The maximum absolute atomic E-state index is 13.6. The van der Waals surface area contributed by atoms with Crippen LogP contribution in [0.15, 0.2) is 51.4 Å². The van der Waals surface area contributed by atoms with Gasteiger partial charge in [0.25, 0.3) is 0 Å². The second-order valence-corrected chi connectivity index (χ2v) is 7.24. The zero-order chi connectivity index (χ0) is 18.1. The van der Waals surface area contributed by atoms with Gasteiger partial charge in [-0.3, -0.25) is 0 Å². The molecule has 1 heterocycles. The van der Waals surface area contributed by atoms with Crippen LogP contribution in [-0.4, -0.2) is 4.98 Å². The summed E-state index contributed by atoms with van der Waals surface area (Å²) >= 11 is 6.61. The summed E-state index contributed by atoms with van der Waals surface area (Å²) < 4.78 is 14.9. The van der Waals surface area contributed by atoms with E-state index in [1.54, 1.807) is 12.1 Å². The van der Waals surface area contributed by atoms with Crippen molar-refractivity contribution < 1.29 is 4.39 Å². The highest BCUT2D eigenvalue weighted by atomic mass is 79.9. The molecule has 0 aliphatic carbocycles. The number of nitriles is 1. The lowest BCUT2D eigenvalue weighted by molar-refractivity contribution is 0.621. The molecule has 6 heteroatoms. The Morgan fingerprint density at radius 3 is 2.32 bits per heavy atom. The van der Waals surface area contributed by atoms with E-state index in [0.717, 1.165) is 15.6 Å². The Kier molecular flexibility index (Phi) is 4.89. The number of benzene rings is 2. The summed E-state index contributed by atoms with van der Waals surface area (Å²) in [6, 6.07) is 14.4. The molecule has 0 saturated heterocycles. The molecule has 3 rings (SSSR count). The molecule has 124 valence electrons. The monoisotopic (exact) mass is 459 g/mol. The second kappa shape index (κ2) is 6.95. The van der Waals surface area contributed by atoms with E-state index in [-0.39, 0.29) is 17.2 Å². The molecule has 0 aliphatic rings. The molecular weight excluding hydrogens is 449 g/mol. The molecule has 25 heavy (non-hydrogen) atoms. The van der Waals surface area contributed by atoms with Crippen molar-refractivity contribution in [2.45, 2.75) is 6.92 Å². The molecule has 0 aliphatic heterocycles. The van der Waals surface area contributed by atoms with Gasteiger partial charge in [0.2, 0.25) is 0 Å². The van der Waals surface area contributed by atoms with Gasteiger partial charge in [0.15, 0.2) is 0 Å². The highest BCUT2D eigenvalue weighted by molar-refractivity contribution is 9.10. The van der Waals surface area contributed by atoms with Crippen LogP contribution in [0.25, 0.3) is 22.4 Å². The van der Waals surface area contributed by atoms with Gasteiger partial charge in [-0.15, -0.1) is 0 Å². The Bertz CT molecular complexity index is 1010. The van der Waals surface area contributed by atoms with Gasteiger partial charge >= 0.3 is 0 Å². The number of anilines is 1.